The molecule has 3 heterocycles. The lowest BCUT2D eigenvalue weighted by molar-refractivity contribution is 0.0524. The van der Waals surface area contributed by atoms with Gasteiger partial charge >= 0.3 is 6.09 Å². The lowest BCUT2D eigenvalue weighted by Crippen LogP contribution is -2.42. The Balaban J connectivity index is 0.00000441. The van der Waals surface area contributed by atoms with Gasteiger partial charge in [0.15, 0.2) is 0 Å². The predicted octanol–water partition coefficient (Wildman–Crippen LogP) is 4.36. The van der Waals surface area contributed by atoms with Crippen molar-refractivity contribution < 1.29 is 22.1 Å². The van der Waals surface area contributed by atoms with E-state index in [2.05, 4.69) is 30.5 Å². The summed E-state index contributed by atoms with van der Waals surface area (Å²) in [4.78, 5) is 27.9. The number of ether oxygens (including phenoxy) is 1. The number of hydrogen-bond donors (Lipinski definition) is 2. The third-order valence-corrected chi connectivity index (χ3v) is 6.42. The van der Waals surface area contributed by atoms with Gasteiger partial charge in [0.1, 0.15) is 11.4 Å². The molecule has 13 heteroatoms. The summed E-state index contributed by atoms with van der Waals surface area (Å²) >= 11 is 0. The summed E-state index contributed by atoms with van der Waals surface area (Å²) in [6.07, 6.45) is 6.02. The Morgan fingerprint density at radius 2 is 1.95 bits per heavy atom. The van der Waals surface area contributed by atoms with E-state index in [1.807, 2.05) is 45.0 Å². The number of pyridine rings is 1. The molecule has 1 unspecified atom stereocenters. The smallest absolute Gasteiger partial charge is 0.407 e. The van der Waals surface area contributed by atoms with Gasteiger partial charge < -0.3 is 20.3 Å². The van der Waals surface area contributed by atoms with Crippen LogP contribution in [0.3, 0.4) is 0 Å². The van der Waals surface area contributed by atoms with Crippen molar-refractivity contribution in [3.05, 3.63) is 60.4 Å². The van der Waals surface area contributed by atoms with Crippen molar-refractivity contribution in [3.63, 3.8) is 0 Å². The Hall–Kier alpha value is -3.42. The average molecular weight is 589 g/mol. The Kier molecular flexibility index (Phi) is 10.3. The van der Waals surface area contributed by atoms with E-state index in [4.69, 9.17) is 8.92 Å². The quantitative estimate of drug-likeness (QED) is 0.347. The van der Waals surface area contributed by atoms with Crippen LogP contribution < -0.4 is 15.5 Å². The molecule has 11 nitrogen and oxygen atoms in total. The first-order chi connectivity index (χ1) is 18.4. The van der Waals surface area contributed by atoms with Crippen LogP contribution in [0.15, 0.2) is 54.9 Å². The van der Waals surface area contributed by atoms with E-state index >= 15 is 0 Å². The van der Waals surface area contributed by atoms with Crippen LogP contribution in [-0.2, 0) is 25.6 Å². The van der Waals surface area contributed by atoms with E-state index in [1.54, 1.807) is 30.6 Å². The molecule has 1 atom stereocenters. The second-order valence-corrected chi connectivity index (χ2v) is 12.0. The highest BCUT2D eigenvalue weighted by Gasteiger charge is 2.27. The Morgan fingerprint density at radius 1 is 1.15 bits per heavy atom. The van der Waals surface area contributed by atoms with Crippen molar-refractivity contribution in [2.75, 3.05) is 29.6 Å². The normalized spacial score (nSPS) is 15.3. The SMILES string of the molecule is CC(C)(C)OC(=O)NCC1CCCN1c1ccc(-c2ccnc(Nc3cccc(COS(C)(=O)=O)c3)n2)cn1.S. The van der Waals surface area contributed by atoms with Gasteiger partial charge in [-0.1, -0.05) is 12.1 Å². The molecule has 40 heavy (non-hydrogen) atoms. The van der Waals surface area contributed by atoms with Crippen molar-refractivity contribution in [2.24, 2.45) is 0 Å². The highest BCUT2D eigenvalue weighted by molar-refractivity contribution is 7.85. The van der Waals surface area contributed by atoms with Crippen molar-refractivity contribution in [1.82, 2.24) is 20.3 Å². The third kappa shape index (κ3) is 9.35. The molecule has 1 amide bonds. The number of alkyl carbamates (subject to hydrolysis) is 1. The van der Waals surface area contributed by atoms with Crippen LogP contribution in [-0.4, -0.2) is 60.5 Å². The van der Waals surface area contributed by atoms with E-state index in [-0.39, 0.29) is 26.1 Å². The highest BCUT2D eigenvalue weighted by Crippen LogP contribution is 2.26. The second kappa shape index (κ2) is 13.3. The molecule has 0 bridgehead atoms. The van der Waals surface area contributed by atoms with Gasteiger partial charge in [-0.3, -0.25) is 4.18 Å². The van der Waals surface area contributed by atoms with Crippen LogP contribution in [0.2, 0.25) is 0 Å². The molecule has 0 spiro atoms. The lowest BCUT2D eigenvalue weighted by Gasteiger charge is -2.27. The van der Waals surface area contributed by atoms with Crippen molar-refractivity contribution in [1.29, 1.82) is 0 Å². The topological polar surface area (TPSA) is 136 Å². The van der Waals surface area contributed by atoms with Crippen LogP contribution in [0.4, 0.5) is 22.2 Å². The van der Waals surface area contributed by atoms with Gasteiger partial charge in [0, 0.05) is 42.8 Å². The van der Waals surface area contributed by atoms with Crippen molar-refractivity contribution >= 4 is 47.2 Å². The molecule has 216 valence electrons. The molecule has 4 rings (SSSR count). The number of aromatic nitrogens is 3. The molecule has 3 aromatic rings. The zero-order valence-electron chi connectivity index (χ0n) is 23.0. The fourth-order valence-electron chi connectivity index (χ4n) is 4.20. The predicted molar refractivity (Wildman–Crippen MR) is 160 cm³/mol. The van der Waals surface area contributed by atoms with Crippen molar-refractivity contribution in [2.45, 2.75) is 51.9 Å². The van der Waals surface area contributed by atoms with E-state index in [1.165, 1.54) is 0 Å². The number of carbonyl (C=O) groups is 1. The first-order valence-corrected chi connectivity index (χ1v) is 14.5. The molecule has 1 saturated heterocycles. The zero-order valence-corrected chi connectivity index (χ0v) is 24.9. The largest absolute Gasteiger partial charge is 0.444 e. The minimum atomic E-state index is -3.53. The summed E-state index contributed by atoms with van der Waals surface area (Å²) in [7, 11) is -3.53. The number of amides is 1. The van der Waals surface area contributed by atoms with Gasteiger partial charge in [0.2, 0.25) is 5.95 Å². The van der Waals surface area contributed by atoms with E-state index in [0.717, 1.165) is 37.0 Å². The summed E-state index contributed by atoms with van der Waals surface area (Å²) in [5.74, 6) is 1.23. The monoisotopic (exact) mass is 588 g/mol. The Bertz CT molecular complexity index is 1400. The summed E-state index contributed by atoms with van der Waals surface area (Å²) in [5, 5.41) is 6.02. The fourth-order valence-corrected chi connectivity index (χ4v) is 4.55. The first kappa shape index (κ1) is 31.1. The van der Waals surface area contributed by atoms with Crippen LogP contribution in [0.25, 0.3) is 11.3 Å². The van der Waals surface area contributed by atoms with Gasteiger partial charge in [-0.05, 0) is 69.5 Å². The lowest BCUT2D eigenvalue weighted by atomic mass is 10.2. The van der Waals surface area contributed by atoms with Crippen molar-refractivity contribution in [3.8, 4) is 11.3 Å². The first-order valence-electron chi connectivity index (χ1n) is 12.7. The number of anilines is 3. The van der Waals surface area contributed by atoms with Gasteiger partial charge in [-0.25, -0.2) is 19.7 Å². The van der Waals surface area contributed by atoms with E-state index in [9.17, 15) is 13.2 Å². The minimum absolute atomic E-state index is 0. The maximum Gasteiger partial charge on any atom is 0.407 e. The van der Waals surface area contributed by atoms with E-state index < -0.39 is 21.8 Å². The van der Waals surface area contributed by atoms with Gasteiger partial charge in [-0.2, -0.15) is 21.9 Å². The van der Waals surface area contributed by atoms with Gasteiger partial charge in [-0.15, -0.1) is 0 Å². The molecule has 2 aromatic heterocycles. The average Bonchev–Trinajstić information content (AvgIpc) is 3.34. The maximum absolute atomic E-state index is 12.1. The van der Waals surface area contributed by atoms with Gasteiger partial charge in [0.25, 0.3) is 10.1 Å². The number of nitrogens with one attached hydrogen (secondary N) is 2. The molecule has 1 aliphatic heterocycles. The summed E-state index contributed by atoms with van der Waals surface area (Å²) in [6.45, 7) is 6.82. The number of carbonyl (C=O) groups excluding carboxylic acids is 1. The Labute approximate surface area is 242 Å². The molecule has 1 aliphatic rings. The Morgan fingerprint density at radius 3 is 2.65 bits per heavy atom. The molecule has 2 N–H and O–H groups in total. The van der Waals surface area contributed by atoms with E-state index in [0.29, 0.717) is 29.4 Å². The summed E-state index contributed by atoms with van der Waals surface area (Å²) < 4.78 is 32.8. The molecule has 0 aliphatic carbocycles. The molecular weight excluding hydrogens is 552 g/mol. The molecule has 1 aromatic carbocycles. The zero-order chi connectivity index (χ0) is 28.0. The number of hydrogen-bond acceptors (Lipinski definition) is 10. The maximum atomic E-state index is 12.1. The number of nitrogens with zero attached hydrogens (tertiary/aromatic N) is 4. The minimum Gasteiger partial charge on any atom is -0.444 e. The molecule has 0 saturated carbocycles. The van der Waals surface area contributed by atoms with Gasteiger partial charge in [0.05, 0.1) is 18.6 Å². The molecule has 1 fully saturated rings. The third-order valence-electron chi connectivity index (χ3n) is 5.87. The number of rotatable bonds is 9. The van der Waals surface area contributed by atoms with Crippen LogP contribution >= 0.6 is 13.5 Å². The second-order valence-electron chi connectivity index (χ2n) is 10.3. The fraction of sp³-hybridized carbons (Fsp3) is 0.407. The standard InChI is InChI=1S/C27H34N6O5S.H2S/c1-27(2,3)38-26(34)30-17-22-9-6-14-33(22)24-11-10-20(16-29-24)23-12-13-28-25(32-23)31-21-8-5-7-19(15-21)18-37-39(4,35)36;/h5,7-8,10-13,15-16,22H,6,9,14,17-18H2,1-4H3,(H,30,34)(H,28,31,32);1H2. The highest BCUT2D eigenvalue weighted by atomic mass is 32.2. The molecule has 0 radical (unpaired) electrons. The number of benzene rings is 1. The van der Waals surface area contributed by atoms with Crippen LogP contribution in [0, 0.1) is 0 Å². The van der Waals surface area contributed by atoms with Crippen LogP contribution in [0.1, 0.15) is 39.2 Å². The molecular formula is C27H36N6O5S2. The summed E-state index contributed by atoms with van der Waals surface area (Å²) in [6, 6.07) is 13.1. The summed E-state index contributed by atoms with van der Waals surface area (Å²) in [5.41, 5.74) is 2.40. The van der Waals surface area contributed by atoms with Crippen LogP contribution in [0.5, 0.6) is 0 Å².